The van der Waals surface area contributed by atoms with Gasteiger partial charge >= 0.3 is 0 Å². The molecule has 0 aromatic carbocycles. The molecule has 21 fully saturated rings. The third-order valence-electron chi connectivity index (χ3n) is 18.4. The minimum atomic E-state index is -2.24. The number of ether oxygens (including phenoxy) is 21. The van der Waals surface area contributed by atoms with E-state index in [0.717, 1.165) is 0 Å². The third-order valence-corrected chi connectivity index (χ3v) is 18.4. The van der Waals surface area contributed by atoms with Gasteiger partial charge in [0.15, 0.2) is 44.0 Å². The van der Waals surface area contributed by atoms with Crippen LogP contribution in [-0.2, 0) is 104 Å². The Labute approximate surface area is 638 Å². The van der Waals surface area contributed by atoms with E-state index in [0.29, 0.717) is 0 Å². The molecule has 0 aromatic rings. The van der Waals surface area contributed by atoms with Crippen LogP contribution in [0.2, 0.25) is 0 Å². The van der Waals surface area contributed by atoms with Gasteiger partial charge in [0, 0.05) is 0 Å². The highest BCUT2D eigenvalue weighted by atomic mass is 16.8. The number of aliphatic hydroxyl groups is 21. The minimum absolute atomic E-state index is 0.0648. The Balaban J connectivity index is 0.00000274. The Morgan fingerprint density at radius 1 is 0.261 bits per heavy atom. The number of carboxylic acids is 1. The van der Waals surface area contributed by atoms with Gasteiger partial charge in [-0.25, -0.2) is 0 Å². The van der Waals surface area contributed by atoms with Gasteiger partial charge in [-0.15, -0.1) is 0 Å². The zero-order valence-corrected chi connectivity index (χ0v) is 62.6. The number of aliphatic carboxylic acids is 1. The second kappa shape index (κ2) is 45.1. The van der Waals surface area contributed by atoms with E-state index in [9.17, 15) is 117 Å². The SMILES string of the molecule is C=C(C)C(=O)[O-].CC(O)COC[C@H]1O[C@@H]2O[C@H]3[C@H](O)[C@@H](O)[C@@H](O[C@H]4[C@H](O)[C@@H](O)[C@@H](O[C@H]5[C@H](O)[C@@H](O)[C@@H](O[C@H]6[C@H](O)[C@@H](O)[C@@H](O[C@H]7[C@H](O)[C@@H](O)[C@@H](O[C@H]8[C@H](O)[C@@H](O)[C@@H](O[C@H]1[C@H](O)[C@H]2O)O[C@@H]8COCC(C)O)O[C@@H]7COCC(C)O)O[C@@H]6COCC(C)O)O[C@@H]5COCC(C)O)O[C@@H]4COCC(C)O)O[C@@H]3COCC(C)O. The van der Waals surface area contributed by atoms with E-state index in [-0.39, 0.29) is 51.8 Å². The van der Waals surface area contributed by atoms with Crippen molar-refractivity contribution >= 4 is 5.97 Å². The maximum atomic E-state index is 12.1. The van der Waals surface area contributed by atoms with Crippen LogP contribution in [0.5, 0.6) is 0 Å². The van der Waals surface area contributed by atoms with Crippen molar-refractivity contribution < 1.29 is 217 Å². The highest BCUT2D eigenvalue weighted by Gasteiger charge is 2.60. The van der Waals surface area contributed by atoms with Crippen LogP contribution < -0.4 is 5.11 Å². The van der Waals surface area contributed by atoms with Gasteiger partial charge in [-0.05, 0) is 61.0 Å². The number of carbonyl (C=O) groups is 1. The fourth-order valence-corrected chi connectivity index (χ4v) is 12.8. The second-order valence-electron chi connectivity index (χ2n) is 29.1. The number of hydrogen-bond acceptors (Lipinski definition) is 44. The molecule has 0 aromatic heterocycles. The molecule has 0 aliphatic carbocycles. The highest BCUT2D eigenvalue weighted by molar-refractivity contribution is 5.82. The molecular formula is C67H117O44-. The Bertz CT molecular complexity index is 2190. The monoisotopic (exact) mass is 1630 g/mol. The van der Waals surface area contributed by atoms with E-state index in [1.54, 1.807) is 0 Å². The van der Waals surface area contributed by atoms with Crippen LogP contribution in [0, 0.1) is 0 Å². The average molecular weight is 1630 g/mol. The molecule has 21 saturated heterocycles. The maximum absolute atomic E-state index is 12.1. The predicted octanol–water partition coefficient (Wildman–Crippen LogP) is -13.1. The van der Waals surface area contributed by atoms with E-state index in [2.05, 4.69) is 6.58 Å². The summed E-state index contributed by atoms with van der Waals surface area (Å²) in [6.07, 6.45) is -78.0. The maximum Gasteiger partial charge on any atom is 0.187 e. The summed E-state index contributed by atoms with van der Waals surface area (Å²) < 4.78 is 126. The molecule has 21 rings (SSSR count). The lowest BCUT2D eigenvalue weighted by Gasteiger charge is -2.50. The minimum Gasteiger partial charge on any atom is -0.545 e. The lowest BCUT2D eigenvalue weighted by molar-refractivity contribution is -0.398. The molecule has 44 heteroatoms. The first-order valence-corrected chi connectivity index (χ1v) is 36.7. The third kappa shape index (κ3) is 26.8. The zero-order valence-electron chi connectivity index (χ0n) is 62.6. The van der Waals surface area contributed by atoms with E-state index >= 15 is 0 Å². The van der Waals surface area contributed by atoms with Crippen LogP contribution in [0.4, 0.5) is 0 Å². The fourth-order valence-electron chi connectivity index (χ4n) is 12.8. The van der Waals surface area contributed by atoms with Crippen LogP contribution >= 0.6 is 0 Å². The van der Waals surface area contributed by atoms with Crippen molar-refractivity contribution in [2.24, 2.45) is 0 Å². The number of aliphatic hydroxyl groups excluding tert-OH is 21. The molecule has 111 heavy (non-hydrogen) atoms. The van der Waals surface area contributed by atoms with Crippen molar-refractivity contribution in [3.63, 3.8) is 0 Å². The van der Waals surface area contributed by atoms with Crippen molar-refractivity contribution in [3.8, 4) is 0 Å². The van der Waals surface area contributed by atoms with Crippen molar-refractivity contribution in [2.45, 2.75) is 313 Å². The molecule has 21 heterocycles. The summed E-state index contributed by atoms with van der Waals surface area (Å²) in [5, 5.41) is 249. The summed E-state index contributed by atoms with van der Waals surface area (Å²) in [7, 11) is 0. The molecule has 7 unspecified atom stereocenters. The zero-order chi connectivity index (χ0) is 82.2. The number of carbonyl (C=O) groups excluding carboxylic acids is 1. The van der Waals surface area contributed by atoms with Gasteiger partial charge in [-0.1, -0.05) is 6.58 Å². The highest BCUT2D eigenvalue weighted by Crippen LogP contribution is 2.40. The van der Waals surface area contributed by atoms with Gasteiger partial charge in [0.05, 0.1) is 141 Å². The van der Waals surface area contributed by atoms with Gasteiger partial charge < -0.3 is 217 Å². The number of rotatable bonds is 29. The average Bonchev–Trinajstić information content (AvgIpc) is 0.824. The van der Waals surface area contributed by atoms with Crippen molar-refractivity contribution in [2.75, 3.05) is 92.5 Å². The molecule has 0 amide bonds. The Morgan fingerprint density at radius 3 is 0.459 bits per heavy atom. The molecule has 0 radical (unpaired) electrons. The first kappa shape index (κ1) is 95.7. The van der Waals surface area contributed by atoms with Crippen molar-refractivity contribution in [1.29, 1.82) is 0 Å². The van der Waals surface area contributed by atoms with Crippen molar-refractivity contribution in [3.05, 3.63) is 12.2 Å². The molecule has 14 bridgehead atoms. The van der Waals surface area contributed by atoms with Crippen LogP contribution in [0.3, 0.4) is 0 Å². The Kier molecular flexibility index (Phi) is 38.9. The molecule has 42 atom stereocenters. The summed E-state index contributed by atoms with van der Waals surface area (Å²) in [6, 6.07) is 0. The summed E-state index contributed by atoms with van der Waals surface area (Å²) in [6.45, 7) is 6.99. The second-order valence-corrected chi connectivity index (χ2v) is 29.1. The Hall–Kier alpha value is -2.47. The number of hydrogen-bond donors (Lipinski definition) is 21. The van der Waals surface area contributed by atoms with Gasteiger partial charge in [0.1, 0.15) is 171 Å². The molecule has 650 valence electrons. The molecule has 0 spiro atoms. The van der Waals surface area contributed by atoms with Gasteiger partial charge in [-0.2, -0.15) is 0 Å². The molecule has 21 aliphatic rings. The van der Waals surface area contributed by atoms with Gasteiger partial charge in [0.25, 0.3) is 0 Å². The van der Waals surface area contributed by atoms with E-state index < -0.39 is 310 Å². The number of carboxylic acid groups (broad SMARTS) is 1. The van der Waals surface area contributed by atoms with Crippen LogP contribution in [0.1, 0.15) is 55.4 Å². The normalized spacial score (nSPS) is 43.9. The molecule has 0 saturated carbocycles. The summed E-state index contributed by atoms with van der Waals surface area (Å²) in [5.74, 6) is -1.19. The van der Waals surface area contributed by atoms with Crippen LogP contribution in [0.15, 0.2) is 12.2 Å². The van der Waals surface area contributed by atoms with Crippen LogP contribution in [-0.4, -0.2) is 463 Å². The standard InChI is InChI=1S/C63H112O42.C4H6O2/c1-22(64)8-85-15-29-50-36(71)43(78)57(92-29)100-51-30(16-86-9-23(2)65)94-59(45(80)38(51)73)102-53-32(18-88-11-25(4)67)96-61(47(82)40(53)75)104-55-34(20-90-13-27(6)69)98-63(49(84)42(55)77)105-56-35(21-91-14-28(7)70)97-62(48(83)41(56)76)103-54-33(19-89-12-26(5)68)95-60(46(81)39(54)74)101-52-31(17-87-10-24(3)66)93-58(99-50)44(79)37(52)72;1-3(2)4(5)6/h22-84H,8-21H2,1-7H3;1H2,2H3,(H,5,6)/p-1/t22?,23?,24?,25?,26?,27?,28?,29-,30-,31-,32-,33-,34-,35-,36-,37-,38-,39-,40-,41-,42-,43-,44-,45-,46-,47-,48-,49-,50-,51-,52-,53-,54-,55-,56-,57-,58-,59-,60-,61-,62-,63-;/m1./s1. The van der Waals surface area contributed by atoms with E-state index in [1.165, 1.54) is 55.4 Å². The topological polar surface area (TPSA) is 659 Å². The first-order chi connectivity index (χ1) is 52.3. The van der Waals surface area contributed by atoms with Gasteiger partial charge in [-0.3, -0.25) is 0 Å². The predicted molar refractivity (Wildman–Crippen MR) is 356 cm³/mol. The van der Waals surface area contributed by atoms with Gasteiger partial charge in [0.2, 0.25) is 0 Å². The summed E-state index contributed by atoms with van der Waals surface area (Å²) >= 11 is 0. The lowest BCUT2D eigenvalue weighted by atomic mass is 9.95. The molecule has 21 N–H and O–H groups in total. The summed E-state index contributed by atoms with van der Waals surface area (Å²) in [4.78, 5) is 9.49. The molecule has 44 nitrogen and oxygen atoms in total. The van der Waals surface area contributed by atoms with E-state index in [1.807, 2.05) is 0 Å². The van der Waals surface area contributed by atoms with Crippen LogP contribution in [0.25, 0.3) is 0 Å². The van der Waals surface area contributed by atoms with E-state index in [4.69, 9.17) is 99.5 Å². The molecule has 21 aliphatic heterocycles. The largest absolute Gasteiger partial charge is 0.545 e. The summed E-state index contributed by atoms with van der Waals surface area (Å²) in [5.41, 5.74) is 0.0648. The Morgan fingerprint density at radius 2 is 0.369 bits per heavy atom. The lowest BCUT2D eigenvalue weighted by Crippen LogP contribution is -2.68. The smallest absolute Gasteiger partial charge is 0.187 e. The van der Waals surface area contributed by atoms with Crippen molar-refractivity contribution in [1.82, 2.24) is 0 Å². The first-order valence-electron chi connectivity index (χ1n) is 36.7. The molecular weight excluding hydrogens is 1510 g/mol. The quantitative estimate of drug-likeness (QED) is 0.0309. The fraction of sp³-hybridized carbons (Fsp3) is 0.955.